The van der Waals surface area contributed by atoms with Gasteiger partial charge < -0.3 is 10.2 Å². The van der Waals surface area contributed by atoms with Crippen molar-refractivity contribution in [1.82, 2.24) is 9.97 Å². The third kappa shape index (κ3) is 2.19. The minimum atomic E-state index is 0.675. The van der Waals surface area contributed by atoms with Gasteiger partial charge in [-0.2, -0.15) is 0 Å². The lowest BCUT2D eigenvalue weighted by molar-refractivity contribution is 0.399. The third-order valence-electron chi connectivity index (χ3n) is 2.99. The van der Waals surface area contributed by atoms with Crippen molar-refractivity contribution >= 4 is 11.6 Å². The largest absolute Gasteiger partial charge is 0.370 e. The first-order chi connectivity index (χ1) is 7.31. The molecular formula is C11H18N4. The summed E-state index contributed by atoms with van der Waals surface area (Å²) in [5.74, 6) is 1.93. The molecule has 0 spiro atoms. The lowest BCUT2D eigenvalue weighted by atomic mass is 9.92. The van der Waals surface area contributed by atoms with Crippen LogP contribution in [0.1, 0.15) is 26.2 Å². The quantitative estimate of drug-likeness (QED) is 0.817. The van der Waals surface area contributed by atoms with Crippen LogP contribution >= 0.6 is 0 Å². The zero-order valence-electron chi connectivity index (χ0n) is 9.40. The van der Waals surface area contributed by atoms with Crippen molar-refractivity contribution in [3.05, 3.63) is 12.4 Å². The van der Waals surface area contributed by atoms with E-state index in [4.69, 9.17) is 0 Å². The zero-order valence-corrected chi connectivity index (χ0v) is 9.40. The van der Waals surface area contributed by atoms with Gasteiger partial charge in [0, 0.05) is 25.7 Å². The predicted molar refractivity (Wildman–Crippen MR) is 62.2 cm³/mol. The van der Waals surface area contributed by atoms with Gasteiger partial charge >= 0.3 is 0 Å². The van der Waals surface area contributed by atoms with Crippen molar-refractivity contribution in [2.24, 2.45) is 0 Å². The van der Waals surface area contributed by atoms with E-state index < -0.39 is 0 Å². The third-order valence-corrected chi connectivity index (χ3v) is 2.99. The maximum atomic E-state index is 4.30. The molecule has 1 fully saturated rings. The molecule has 1 aromatic rings. The Morgan fingerprint density at radius 1 is 1.47 bits per heavy atom. The highest BCUT2D eigenvalue weighted by atomic mass is 15.2. The summed E-state index contributed by atoms with van der Waals surface area (Å²) in [5.41, 5.74) is 0. The topological polar surface area (TPSA) is 41.0 Å². The van der Waals surface area contributed by atoms with Crippen LogP contribution in [0.4, 0.5) is 11.6 Å². The molecule has 1 aliphatic rings. The van der Waals surface area contributed by atoms with Crippen molar-refractivity contribution in [1.29, 1.82) is 0 Å². The fourth-order valence-corrected chi connectivity index (χ4v) is 1.78. The molecule has 1 saturated carbocycles. The van der Waals surface area contributed by atoms with Crippen LogP contribution in [-0.2, 0) is 0 Å². The average Bonchev–Trinajstić information content (AvgIpc) is 2.16. The molecule has 0 atom stereocenters. The molecule has 1 aliphatic carbocycles. The second-order valence-electron chi connectivity index (χ2n) is 3.99. The van der Waals surface area contributed by atoms with Gasteiger partial charge in [-0.05, 0) is 26.2 Å². The molecule has 0 aromatic carbocycles. The van der Waals surface area contributed by atoms with Crippen LogP contribution in [0.15, 0.2) is 12.4 Å². The summed E-state index contributed by atoms with van der Waals surface area (Å²) in [6.45, 7) is 2.96. The molecule has 0 bridgehead atoms. The number of nitrogens with zero attached hydrogens (tertiary/aromatic N) is 3. The number of hydrogen-bond donors (Lipinski definition) is 1. The summed E-state index contributed by atoms with van der Waals surface area (Å²) in [7, 11) is 2.11. The van der Waals surface area contributed by atoms with Gasteiger partial charge in [0.15, 0.2) is 0 Å². The Balaban J connectivity index is 2.09. The molecule has 82 valence electrons. The summed E-state index contributed by atoms with van der Waals surface area (Å²) in [6.07, 6.45) is 5.55. The van der Waals surface area contributed by atoms with E-state index in [1.165, 1.54) is 19.3 Å². The van der Waals surface area contributed by atoms with Crippen LogP contribution in [0.3, 0.4) is 0 Å². The first-order valence-corrected chi connectivity index (χ1v) is 5.60. The number of rotatable bonds is 4. The van der Waals surface area contributed by atoms with E-state index in [1.807, 2.05) is 6.07 Å². The minimum absolute atomic E-state index is 0.675. The van der Waals surface area contributed by atoms with Crippen molar-refractivity contribution < 1.29 is 0 Å². The summed E-state index contributed by atoms with van der Waals surface area (Å²) in [5, 5.41) is 3.20. The van der Waals surface area contributed by atoms with Gasteiger partial charge in [-0.15, -0.1) is 0 Å². The molecule has 0 amide bonds. The first kappa shape index (κ1) is 10.2. The molecule has 4 nitrogen and oxygen atoms in total. The monoisotopic (exact) mass is 206 g/mol. The fraction of sp³-hybridized carbons (Fsp3) is 0.636. The van der Waals surface area contributed by atoms with Gasteiger partial charge in [0.1, 0.15) is 18.0 Å². The Bertz CT molecular complexity index is 322. The Morgan fingerprint density at radius 2 is 2.27 bits per heavy atom. The second-order valence-corrected chi connectivity index (χ2v) is 3.99. The zero-order chi connectivity index (χ0) is 10.7. The smallest absolute Gasteiger partial charge is 0.134 e. The Morgan fingerprint density at radius 3 is 2.87 bits per heavy atom. The highest BCUT2D eigenvalue weighted by Gasteiger charge is 2.23. The number of aromatic nitrogens is 2. The number of anilines is 2. The number of nitrogens with one attached hydrogen (secondary N) is 1. The summed E-state index contributed by atoms with van der Waals surface area (Å²) in [4.78, 5) is 10.7. The van der Waals surface area contributed by atoms with Gasteiger partial charge in [-0.1, -0.05) is 0 Å². The average molecular weight is 206 g/mol. The van der Waals surface area contributed by atoms with E-state index in [0.717, 1.165) is 18.2 Å². The minimum Gasteiger partial charge on any atom is -0.370 e. The van der Waals surface area contributed by atoms with E-state index in [0.29, 0.717) is 6.04 Å². The Hall–Kier alpha value is -1.32. The maximum Gasteiger partial charge on any atom is 0.134 e. The van der Waals surface area contributed by atoms with E-state index in [2.05, 4.69) is 34.2 Å². The molecule has 1 N–H and O–H groups in total. The van der Waals surface area contributed by atoms with Crippen molar-refractivity contribution in [2.75, 3.05) is 23.8 Å². The Kier molecular flexibility index (Phi) is 3.04. The molecule has 0 aliphatic heterocycles. The van der Waals surface area contributed by atoms with Gasteiger partial charge in [-0.3, -0.25) is 0 Å². The van der Waals surface area contributed by atoms with Crippen LogP contribution in [-0.4, -0.2) is 29.6 Å². The van der Waals surface area contributed by atoms with Crippen LogP contribution < -0.4 is 10.2 Å². The van der Waals surface area contributed by atoms with Gasteiger partial charge in [0.25, 0.3) is 0 Å². The fourth-order valence-electron chi connectivity index (χ4n) is 1.78. The van der Waals surface area contributed by atoms with Crippen LogP contribution in [0, 0.1) is 0 Å². The second kappa shape index (κ2) is 4.47. The van der Waals surface area contributed by atoms with E-state index in [9.17, 15) is 0 Å². The molecule has 0 saturated heterocycles. The molecule has 1 heterocycles. The van der Waals surface area contributed by atoms with E-state index in [1.54, 1.807) is 6.33 Å². The van der Waals surface area contributed by atoms with E-state index >= 15 is 0 Å². The van der Waals surface area contributed by atoms with Crippen molar-refractivity contribution in [3.8, 4) is 0 Å². The molecule has 15 heavy (non-hydrogen) atoms. The van der Waals surface area contributed by atoms with E-state index in [-0.39, 0.29) is 0 Å². The first-order valence-electron chi connectivity index (χ1n) is 5.60. The standard InChI is InChI=1S/C11H18N4/c1-3-12-10-7-11(14-8-13-10)15(2)9-5-4-6-9/h7-9H,3-6H2,1-2H3,(H,12,13,14). The summed E-state index contributed by atoms with van der Waals surface area (Å²) < 4.78 is 0. The lowest BCUT2D eigenvalue weighted by Crippen LogP contribution is -2.37. The number of hydrogen-bond acceptors (Lipinski definition) is 4. The summed E-state index contributed by atoms with van der Waals surface area (Å²) in [6, 6.07) is 2.69. The van der Waals surface area contributed by atoms with Gasteiger partial charge in [0.2, 0.25) is 0 Å². The van der Waals surface area contributed by atoms with Gasteiger partial charge in [-0.25, -0.2) is 9.97 Å². The maximum absolute atomic E-state index is 4.30. The normalized spacial score (nSPS) is 15.9. The van der Waals surface area contributed by atoms with Crippen LogP contribution in [0.5, 0.6) is 0 Å². The molecule has 1 aromatic heterocycles. The highest BCUT2D eigenvalue weighted by molar-refractivity contribution is 5.48. The van der Waals surface area contributed by atoms with Crippen LogP contribution in [0.2, 0.25) is 0 Å². The Labute approximate surface area is 90.7 Å². The molecule has 0 unspecified atom stereocenters. The lowest BCUT2D eigenvalue weighted by Gasteiger charge is -2.35. The van der Waals surface area contributed by atoms with Gasteiger partial charge in [0.05, 0.1) is 0 Å². The highest BCUT2D eigenvalue weighted by Crippen LogP contribution is 2.27. The molecule has 2 rings (SSSR count). The molecule has 0 radical (unpaired) electrons. The van der Waals surface area contributed by atoms with Crippen molar-refractivity contribution in [3.63, 3.8) is 0 Å². The van der Waals surface area contributed by atoms with Crippen molar-refractivity contribution in [2.45, 2.75) is 32.2 Å². The van der Waals surface area contributed by atoms with Crippen LogP contribution in [0.25, 0.3) is 0 Å². The summed E-state index contributed by atoms with van der Waals surface area (Å²) >= 11 is 0. The predicted octanol–water partition coefficient (Wildman–Crippen LogP) is 1.90. The molecule has 4 heteroatoms. The molecular weight excluding hydrogens is 188 g/mol. The SMILES string of the molecule is CCNc1cc(N(C)C2CCC2)ncn1.